The molecule has 0 radical (unpaired) electrons. The van der Waals surface area contributed by atoms with Crippen molar-refractivity contribution >= 4 is 17.6 Å². The molecule has 31 heavy (non-hydrogen) atoms. The summed E-state index contributed by atoms with van der Waals surface area (Å²) in [5.74, 6) is -0.877. The van der Waals surface area contributed by atoms with Crippen LogP contribution in [0.3, 0.4) is 0 Å². The number of anilines is 1. The summed E-state index contributed by atoms with van der Waals surface area (Å²) in [4.78, 5) is 27.4. The van der Waals surface area contributed by atoms with Crippen LogP contribution in [0, 0.1) is 0 Å². The number of carbonyl (C=O) groups is 2. The Morgan fingerprint density at radius 3 is 2.65 bits per heavy atom. The van der Waals surface area contributed by atoms with Crippen LogP contribution in [0.5, 0.6) is 17.2 Å². The van der Waals surface area contributed by atoms with Crippen LogP contribution in [0.1, 0.15) is 27.0 Å². The van der Waals surface area contributed by atoms with Gasteiger partial charge in [-0.3, -0.25) is 4.79 Å². The molecule has 7 nitrogen and oxygen atoms in total. The molecule has 2 aliphatic rings. The fourth-order valence-corrected chi connectivity index (χ4v) is 4.45. The Morgan fingerprint density at radius 2 is 1.84 bits per heavy atom. The molecule has 0 aromatic heterocycles. The second-order valence-corrected chi connectivity index (χ2v) is 7.63. The van der Waals surface area contributed by atoms with Crippen molar-refractivity contribution in [3.05, 3.63) is 82.9 Å². The molecule has 1 spiro atoms. The van der Waals surface area contributed by atoms with Crippen LogP contribution >= 0.6 is 0 Å². The lowest BCUT2D eigenvalue weighted by molar-refractivity contribution is -0.122. The third-order valence-corrected chi connectivity index (χ3v) is 5.93. The van der Waals surface area contributed by atoms with Gasteiger partial charge in [-0.2, -0.15) is 0 Å². The molecule has 0 saturated carbocycles. The van der Waals surface area contributed by atoms with Crippen molar-refractivity contribution in [2.45, 2.75) is 12.0 Å². The smallest absolute Gasteiger partial charge is 0.337 e. The molecule has 2 heterocycles. The number of hydrogen-bond acceptors (Lipinski definition) is 6. The highest BCUT2D eigenvalue weighted by Crippen LogP contribution is 2.54. The Kier molecular flexibility index (Phi) is 4.15. The molecule has 0 bridgehead atoms. The molecule has 3 aromatic carbocycles. The van der Waals surface area contributed by atoms with Gasteiger partial charge >= 0.3 is 5.97 Å². The standard InChI is InChI=1S/C24H19NO6/c1-30-22(28)15-6-4-5-14(9-15)12-25-18-8-3-2-7-16(18)24(23(25)29)13-31-21-11-20(27)19(26)10-17(21)24/h2-11,26-27H,12-13H2,1H3. The summed E-state index contributed by atoms with van der Waals surface area (Å²) < 4.78 is 10.6. The predicted octanol–water partition coefficient (Wildman–Crippen LogP) is 3.11. The van der Waals surface area contributed by atoms with Gasteiger partial charge in [0.1, 0.15) is 17.8 Å². The van der Waals surface area contributed by atoms with Crippen LogP contribution < -0.4 is 9.64 Å². The Balaban J connectivity index is 1.60. The first-order valence-corrected chi connectivity index (χ1v) is 9.73. The molecular weight excluding hydrogens is 398 g/mol. The Morgan fingerprint density at radius 1 is 1.06 bits per heavy atom. The van der Waals surface area contributed by atoms with Gasteiger partial charge in [0, 0.05) is 17.3 Å². The van der Waals surface area contributed by atoms with Gasteiger partial charge in [-0.15, -0.1) is 0 Å². The number of benzene rings is 3. The first-order valence-electron chi connectivity index (χ1n) is 9.73. The molecule has 7 heteroatoms. The average Bonchev–Trinajstić information content (AvgIpc) is 3.26. The number of esters is 1. The SMILES string of the molecule is COC(=O)c1cccc(CN2C(=O)C3(COc4cc(O)c(O)cc43)c3ccccc32)c1. The van der Waals surface area contributed by atoms with Crippen molar-refractivity contribution in [1.29, 1.82) is 0 Å². The second kappa shape index (κ2) is 6.77. The topological polar surface area (TPSA) is 96.3 Å². The Hall–Kier alpha value is -4.00. The van der Waals surface area contributed by atoms with Crippen LogP contribution in [0.15, 0.2) is 60.7 Å². The molecule has 3 aromatic rings. The monoisotopic (exact) mass is 417 g/mol. The zero-order valence-corrected chi connectivity index (χ0v) is 16.7. The number of para-hydroxylation sites is 1. The first kappa shape index (κ1) is 19.0. The highest BCUT2D eigenvalue weighted by molar-refractivity contribution is 6.11. The van der Waals surface area contributed by atoms with E-state index in [0.717, 1.165) is 16.8 Å². The number of rotatable bonds is 3. The van der Waals surface area contributed by atoms with E-state index in [1.54, 1.807) is 23.1 Å². The van der Waals surface area contributed by atoms with E-state index >= 15 is 0 Å². The number of aromatic hydroxyl groups is 2. The molecule has 5 rings (SSSR count). The molecule has 1 unspecified atom stereocenters. The summed E-state index contributed by atoms with van der Waals surface area (Å²) in [6, 6.07) is 17.1. The summed E-state index contributed by atoms with van der Waals surface area (Å²) in [5.41, 5.74) is 2.09. The largest absolute Gasteiger partial charge is 0.504 e. The number of nitrogens with zero attached hydrogens (tertiary/aromatic N) is 1. The zero-order valence-electron chi connectivity index (χ0n) is 16.7. The normalized spacial score (nSPS) is 18.6. The molecule has 0 saturated heterocycles. The van der Waals surface area contributed by atoms with Crippen LogP contribution in [-0.4, -0.2) is 35.8 Å². The van der Waals surface area contributed by atoms with Crippen LogP contribution in [0.4, 0.5) is 5.69 Å². The molecule has 1 amide bonds. The third-order valence-electron chi connectivity index (χ3n) is 5.93. The number of hydrogen-bond donors (Lipinski definition) is 2. The number of amides is 1. The number of fused-ring (bicyclic) bond motifs is 4. The van der Waals surface area contributed by atoms with E-state index < -0.39 is 11.4 Å². The van der Waals surface area contributed by atoms with Crippen LogP contribution in [0.2, 0.25) is 0 Å². The predicted molar refractivity (Wildman–Crippen MR) is 111 cm³/mol. The minimum atomic E-state index is -1.11. The third kappa shape index (κ3) is 2.66. The van der Waals surface area contributed by atoms with Gasteiger partial charge in [-0.05, 0) is 35.4 Å². The van der Waals surface area contributed by atoms with Gasteiger partial charge < -0.3 is 24.6 Å². The Labute approximate surface area is 178 Å². The van der Waals surface area contributed by atoms with E-state index in [9.17, 15) is 19.8 Å². The molecule has 1 atom stereocenters. The van der Waals surface area contributed by atoms with Gasteiger partial charge in [0.15, 0.2) is 11.5 Å². The van der Waals surface area contributed by atoms with E-state index in [4.69, 9.17) is 9.47 Å². The van der Waals surface area contributed by atoms with E-state index in [1.165, 1.54) is 19.2 Å². The summed E-state index contributed by atoms with van der Waals surface area (Å²) in [6.45, 7) is 0.321. The van der Waals surface area contributed by atoms with Crippen molar-refractivity contribution < 1.29 is 29.3 Å². The maximum absolute atomic E-state index is 13.8. The first-order chi connectivity index (χ1) is 15.0. The van der Waals surface area contributed by atoms with Crippen LogP contribution in [0.25, 0.3) is 0 Å². The van der Waals surface area contributed by atoms with E-state index in [-0.39, 0.29) is 30.6 Å². The van der Waals surface area contributed by atoms with Crippen molar-refractivity contribution in [2.75, 3.05) is 18.6 Å². The summed E-state index contributed by atoms with van der Waals surface area (Å²) in [6.07, 6.45) is 0. The summed E-state index contributed by atoms with van der Waals surface area (Å²) >= 11 is 0. The van der Waals surface area contributed by atoms with E-state index in [2.05, 4.69) is 0 Å². The number of phenols is 2. The van der Waals surface area contributed by atoms with Crippen LogP contribution in [-0.2, 0) is 21.5 Å². The van der Waals surface area contributed by atoms with Crippen molar-refractivity contribution in [3.63, 3.8) is 0 Å². The minimum Gasteiger partial charge on any atom is -0.504 e. The molecule has 156 valence electrons. The molecular formula is C24H19NO6. The highest BCUT2D eigenvalue weighted by Gasteiger charge is 2.57. The molecule has 2 N–H and O–H groups in total. The van der Waals surface area contributed by atoms with Crippen molar-refractivity contribution in [2.24, 2.45) is 0 Å². The second-order valence-electron chi connectivity index (χ2n) is 7.63. The van der Waals surface area contributed by atoms with Gasteiger partial charge in [0.2, 0.25) is 5.91 Å². The molecule has 0 aliphatic carbocycles. The maximum Gasteiger partial charge on any atom is 0.337 e. The lowest BCUT2D eigenvalue weighted by Gasteiger charge is -2.23. The highest BCUT2D eigenvalue weighted by atomic mass is 16.5. The van der Waals surface area contributed by atoms with Gasteiger partial charge in [-0.1, -0.05) is 30.3 Å². The van der Waals surface area contributed by atoms with Crippen molar-refractivity contribution in [3.8, 4) is 17.2 Å². The lowest BCUT2D eigenvalue weighted by atomic mass is 9.77. The van der Waals surface area contributed by atoms with E-state index in [1.807, 2.05) is 30.3 Å². The maximum atomic E-state index is 13.8. The fraction of sp³-hybridized carbons (Fsp3) is 0.167. The quantitative estimate of drug-likeness (QED) is 0.502. The van der Waals surface area contributed by atoms with Crippen molar-refractivity contribution in [1.82, 2.24) is 0 Å². The van der Waals surface area contributed by atoms with Gasteiger partial charge in [-0.25, -0.2) is 4.79 Å². The minimum absolute atomic E-state index is 0.0692. The fourth-order valence-electron chi connectivity index (χ4n) is 4.45. The average molecular weight is 417 g/mol. The Bertz CT molecular complexity index is 1240. The molecule has 0 fully saturated rings. The van der Waals surface area contributed by atoms with Gasteiger partial charge in [0.25, 0.3) is 0 Å². The summed E-state index contributed by atoms with van der Waals surface area (Å²) in [7, 11) is 1.32. The zero-order chi connectivity index (χ0) is 21.8. The lowest BCUT2D eigenvalue weighted by Crippen LogP contribution is -2.42. The van der Waals surface area contributed by atoms with Gasteiger partial charge in [0.05, 0.1) is 19.2 Å². The molecule has 2 aliphatic heterocycles. The number of phenolic OH excluding ortho intramolecular Hbond substituents is 2. The van der Waals surface area contributed by atoms with E-state index in [0.29, 0.717) is 16.9 Å². The number of methoxy groups -OCH3 is 1. The number of ether oxygens (including phenoxy) is 2. The number of carbonyl (C=O) groups excluding carboxylic acids is 2. The summed E-state index contributed by atoms with van der Waals surface area (Å²) in [5, 5.41) is 19.9.